The molecule has 0 saturated carbocycles. The highest BCUT2D eigenvalue weighted by Gasteiger charge is 2.16. The fourth-order valence-electron chi connectivity index (χ4n) is 2.39. The van der Waals surface area contributed by atoms with Gasteiger partial charge in [0.05, 0.1) is 19.8 Å². The van der Waals surface area contributed by atoms with Crippen LogP contribution in [-0.4, -0.2) is 29.1 Å². The van der Waals surface area contributed by atoms with Crippen LogP contribution >= 0.6 is 23.4 Å². The molecule has 0 unspecified atom stereocenters. The molecular formula is C17H17ClN4O2S. The topological polar surface area (TPSA) is 75.2 Å². The van der Waals surface area contributed by atoms with Gasteiger partial charge >= 0.3 is 0 Å². The third-order valence-electron chi connectivity index (χ3n) is 3.61. The molecule has 0 atom stereocenters. The van der Waals surface area contributed by atoms with Crippen LogP contribution < -0.4 is 15.3 Å². The molecule has 0 spiro atoms. The van der Waals surface area contributed by atoms with Gasteiger partial charge in [-0.1, -0.05) is 35.5 Å². The molecule has 0 fully saturated rings. The molecule has 0 amide bonds. The Morgan fingerprint density at radius 1 is 1.08 bits per heavy atom. The van der Waals surface area contributed by atoms with Gasteiger partial charge in [-0.05, 0) is 30.3 Å². The van der Waals surface area contributed by atoms with Crippen molar-refractivity contribution in [3.63, 3.8) is 0 Å². The average Bonchev–Trinajstić information content (AvgIpc) is 3.00. The van der Waals surface area contributed by atoms with E-state index in [1.165, 1.54) is 16.4 Å². The van der Waals surface area contributed by atoms with Crippen molar-refractivity contribution in [2.24, 2.45) is 0 Å². The van der Waals surface area contributed by atoms with E-state index in [2.05, 4.69) is 10.2 Å². The number of benzene rings is 2. The van der Waals surface area contributed by atoms with E-state index in [0.29, 0.717) is 27.5 Å². The van der Waals surface area contributed by atoms with Gasteiger partial charge in [-0.2, -0.15) is 0 Å². The van der Waals surface area contributed by atoms with Crippen molar-refractivity contribution in [1.82, 2.24) is 14.9 Å². The first kappa shape index (κ1) is 17.4. The maximum atomic E-state index is 6.18. The Bertz CT molecular complexity index is 885. The molecule has 1 aromatic heterocycles. The predicted octanol–water partition coefficient (Wildman–Crippen LogP) is 3.62. The second kappa shape index (κ2) is 7.67. The summed E-state index contributed by atoms with van der Waals surface area (Å²) in [6, 6.07) is 13.0. The Hall–Kier alpha value is -2.38. The highest BCUT2D eigenvalue weighted by Crippen LogP contribution is 2.32. The van der Waals surface area contributed by atoms with Crippen molar-refractivity contribution in [2.45, 2.75) is 10.9 Å². The molecule has 130 valence electrons. The third-order valence-corrected chi connectivity index (χ3v) is 4.84. The van der Waals surface area contributed by atoms with Crippen LogP contribution in [0.15, 0.2) is 47.6 Å². The smallest absolute Gasteiger partial charge is 0.210 e. The minimum Gasteiger partial charge on any atom is -0.496 e. The second-order valence-corrected chi connectivity index (χ2v) is 6.50. The first-order valence-corrected chi connectivity index (χ1v) is 8.79. The normalized spacial score (nSPS) is 10.7. The average molecular weight is 377 g/mol. The summed E-state index contributed by atoms with van der Waals surface area (Å²) in [5.74, 6) is 8.78. The number of hydrogen-bond donors (Lipinski definition) is 1. The summed E-state index contributed by atoms with van der Waals surface area (Å²) in [5.41, 5.74) is 1.74. The van der Waals surface area contributed by atoms with Crippen molar-refractivity contribution in [2.75, 3.05) is 20.1 Å². The van der Waals surface area contributed by atoms with Gasteiger partial charge in [0, 0.05) is 16.3 Å². The lowest BCUT2D eigenvalue weighted by Crippen LogP contribution is -2.12. The van der Waals surface area contributed by atoms with E-state index >= 15 is 0 Å². The molecule has 0 bridgehead atoms. The summed E-state index contributed by atoms with van der Waals surface area (Å²) in [6.07, 6.45) is 0. The van der Waals surface area contributed by atoms with Gasteiger partial charge in [-0.25, -0.2) is 4.68 Å². The number of ether oxygens (including phenoxy) is 2. The van der Waals surface area contributed by atoms with Crippen LogP contribution in [0.25, 0.3) is 11.4 Å². The molecular weight excluding hydrogens is 360 g/mol. The first-order chi connectivity index (χ1) is 12.1. The number of nitrogen functional groups attached to an aromatic ring is 1. The SMILES string of the molecule is COc1ccc(Cl)cc1CSc1nnc(-c2ccccc2OC)n1N. The van der Waals surface area contributed by atoms with Gasteiger partial charge < -0.3 is 15.3 Å². The molecule has 0 aliphatic rings. The first-order valence-electron chi connectivity index (χ1n) is 7.43. The summed E-state index contributed by atoms with van der Waals surface area (Å²) in [6.45, 7) is 0. The van der Waals surface area contributed by atoms with Crippen LogP contribution in [0, 0.1) is 0 Å². The summed E-state index contributed by atoms with van der Waals surface area (Å²) < 4.78 is 12.2. The van der Waals surface area contributed by atoms with E-state index in [1.807, 2.05) is 36.4 Å². The molecule has 0 aliphatic carbocycles. The Labute approximate surface area is 154 Å². The van der Waals surface area contributed by atoms with Crippen molar-refractivity contribution in [3.05, 3.63) is 53.1 Å². The highest BCUT2D eigenvalue weighted by atomic mass is 35.5. The van der Waals surface area contributed by atoms with Gasteiger partial charge in [0.25, 0.3) is 0 Å². The maximum absolute atomic E-state index is 6.18. The zero-order chi connectivity index (χ0) is 17.8. The molecule has 0 radical (unpaired) electrons. The Morgan fingerprint density at radius 2 is 1.84 bits per heavy atom. The van der Waals surface area contributed by atoms with Crippen LogP contribution in [0.2, 0.25) is 5.02 Å². The van der Waals surface area contributed by atoms with Crippen molar-refractivity contribution < 1.29 is 9.47 Å². The number of halogens is 1. The predicted molar refractivity (Wildman–Crippen MR) is 99.7 cm³/mol. The minimum atomic E-state index is 0.540. The van der Waals surface area contributed by atoms with Crippen molar-refractivity contribution in [1.29, 1.82) is 0 Å². The molecule has 2 aromatic carbocycles. The number of methoxy groups -OCH3 is 2. The Kier molecular flexibility index (Phi) is 5.35. The number of nitrogens with zero attached hydrogens (tertiary/aromatic N) is 3. The minimum absolute atomic E-state index is 0.540. The van der Waals surface area contributed by atoms with Crippen LogP contribution in [0.3, 0.4) is 0 Å². The van der Waals surface area contributed by atoms with Crippen LogP contribution in [0.5, 0.6) is 11.5 Å². The second-order valence-electron chi connectivity index (χ2n) is 5.12. The van der Waals surface area contributed by atoms with Crippen LogP contribution in [-0.2, 0) is 5.75 Å². The van der Waals surface area contributed by atoms with Gasteiger partial charge in [-0.15, -0.1) is 10.2 Å². The maximum Gasteiger partial charge on any atom is 0.210 e. The van der Waals surface area contributed by atoms with Crippen LogP contribution in [0.1, 0.15) is 5.56 Å². The van der Waals surface area contributed by atoms with Gasteiger partial charge in [0.2, 0.25) is 5.16 Å². The third kappa shape index (κ3) is 3.67. The lowest BCUT2D eigenvalue weighted by Gasteiger charge is -2.09. The van der Waals surface area contributed by atoms with Gasteiger partial charge in [0.15, 0.2) is 5.82 Å². The molecule has 0 saturated heterocycles. The summed E-state index contributed by atoms with van der Waals surface area (Å²) in [7, 11) is 3.24. The number of thioether (sulfide) groups is 1. The standard InChI is InChI=1S/C17H17ClN4O2S/c1-23-14-8-7-12(18)9-11(14)10-25-17-21-20-16(22(17)19)13-5-3-4-6-15(13)24-2/h3-9H,10,19H2,1-2H3. The quantitative estimate of drug-likeness (QED) is 0.523. The molecule has 3 aromatic rings. The van der Waals surface area contributed by atoms with Crippen molar-refractivity contribution in [3.8, 4) is 22.9 Å². The Balaban J connectivity index is 1.84. The van der Waals surface area contributed by atoms with E-state index in [9.17, 15) is 0 Å². The van der Waals surface area contributed by atoms with E-state index in [0.717, 1.165) is 16.9 Å². The molecule has 1 heterocycles. The lowest BCUT2D eigenvalue weighted by atomic mass is 10.2. The van der Waals surface area contributed by atoms with Crippen LogP contribution in [0.4, 0.5) is 0 Å². The fourth-order valence-corrected chi connectivity index (χ4v) is 3.42. The van der Waals surface area contributed by atoms with Crippen molar-refractivity contribution >= 4 is 23.4 Å². The number of nitrogens with two attached hydrogens (primary N) is 1. The van der Waals surface area contributed by atoms with Gasteiger partial charge in [0.1, 0.15) is 11.5 Å². The molecule has 8 heteroatoms. The molecule has 6 nitrogen and oxygen atoms in total. The summed E-state index contributed by atoms with van der Waals surface area (Å²) in [5, 5.41) is 9.62. The van der Waals surface area contributed by atoms with E-state index < -0.39 is 0 Å². The van der Waals surface area contributed by atoms with E-state index in [-0.39, 0.29) is 0 Å². The van der Waals surface area contributed by atoms with E-state index in [1.54, 1.807) is 20.3 Å². The van der Waals surface area contributed by atoms with E-state index in [4.69, 9.17) is 26.9 Å². The molecule has 0 aliphatic heterocycles. The zero-order valence-corrected chi connectivity index (χ0v) is 15.3. The Morgan fingerprint density at radius 3 is 2.60 bits per heavy atom. The molecule has 2 N–H and O–H groups in total. The molecule has 3 rings (SSSR count). The number of para-hydroxylation sites is 1. The number of rotatable bonds is 6. The fraction of sp³-hybridized carbons (Fsp3) is 0.176. The zero-order valence-electron chi connectivity index (χ0n) is 13.8. The highest BCUT2D eigenvalue weighted by molar-refractivity contribution is 7.98. The summed E-state index contributed by atoms with van der Waals surface area (Å²) in [4.78, 5) is 0. The van der Waals surface area contributed by atoms with Gasteiger partial charge in [-0.3, -0.25) is 0 Å². The monoisotopic (exact) mass is 376 g/mol. The summed E-state index contributed by atoms with van der Waals surface area (Å²) >= 11 is 7.52. The molecule has 25 heavy (non-hydrogen) atoms. The number of hydrogen-bond acceptors (Lipinski definition) is 6. The largest absolute Gasteiger partial charge is 0.496 e. The number of aromatic nitrogens is 3. The lowest BCUT2D eigenvalue weighted by molar-refractivity contribution is 0.411.